The number of rotatable bonds is 4. The van der Waals surface area contributed by atoms with E-state index >= 15 is 0 Å². The summed E-state index contributed by atoms with van der Waals surface area (Å²) in [4.78, 5) is -0.0187. The standard InChI is InChI=1S/C10H13FN2O3S/c11-8-1-3-9(4-2-8)17(15,16)13-7-10(14)5-12-6-10/h1-4,12-14H,5-7H2. The van der Waals surface area contributed by atoms with Crippen LogP contribution < -0.4 is 10.0 Å². The molecule has 0 bridgehead atoms. The molecule has 7 heteroatoms. The summed E-state index contributed by atoms with van der Waals surface area (Å²) in [5.41, 5.74) is -1.02. The Morgan fingerprint density at radius 2 is 1.94 bits per heavy atom. The van der Waals surface area contributed by atoms with Gasteiger partial charge in [0.1, 0.15) is 11.4 Å². The Labute approximate surface area is 98.7 Å². The number of aliphatic hydroxyl groups is 1. The third kappa shape index (κ3) is 2.81. The first-order chi connectivity index (χ1) is 7.91. The first-order valence-corrected chi connectivity index (χ1v) is 6.58. The van der Waals surface area contributed by atoms with Gasteiger partial charge in [0.15, 0.2) is 0 Å². The van der Waals surface area contributed by atoms with Gasteiger partial charge in [-0.15, -0.1) is 0 Å². The van der Waals surface area contributed by atoms with Crippen molar-refractivity contribution >= 4 is 10.0 Å². The minimum Gasteiger partial charge on any atom is -0.386 e. The second kappa shape index (κ2) is 4.34. The molecule has 1 fully saturated rings. The van der Waals surface area contributed by atoms with Crippen LogP contribution in [0.25, 0.3) is 0 Å². The van der Waals surface area contributed by atoms with Crippen LogP contribution in [0.15, 0.2) is 29.2 Å². The third-order valence-corrected chi connectivity index (χ3v) is 4.04. The fraction of sp³-hybridized carbons (Fsp3) is 0.400. The zero-order valence-corrected chi connectivity index (χ0v) is 9.80. The monoisotopic (exact) mass is 260 g/mol. The second-order valence-electron chi connectivity index (χ2n) is 4.11. The van der Waals surface area contributed by atoms with E-state index in [1.807, 2.05) is 0 Å². The van der Waals surface area contributed by atoms with Crippen LogP contribution in [0, 0.1) is 5.82 Å². The quantitative estimate of drug-likeness (QED) is 0.678. The number of benzene rings is 1. The van der Waals surface area contributed by atoms with Gasteiger partial charge in [0, 0.05) is 19.6 Å². The maximum Gasteiger partial charge on any atom is 0.240 e. The average molecular weight is 260 g/mol. The van der Waals surface area contributed by atoms with Crippen LogP contribution in [0.3, 0.4) is 0 Å². The normalized spacial score (nSPS) is 18.7. The summed E-state index contributed by atoms with van der Waals surface area (Å²) >= 11 is 0. The van der Waals surface area contributed by atoms with Crippen molar-refractivity contribution in [1.29, 1.82) is 0 Å². The van der Waals surface area contributed by atoms with Gasteiger partial charge >= 0.3 is 0 Å². The van der Waals surface area contributed by atoms with Crippen LogP contribution >= 0.6 is 0 Å². The van der Waals surface area contributed by atoms with Crippen molar-refractivity contribution < 1.29 is 17.9 Å². The number of hydrogen-bond donors (Lipinski definition) is 3. The highest BCUT2D eigenvalue weighted by molar-refractivity contribution is 7.89. The Bertz CT molecular complexity index is 497. The Hall–Kier alpha value is -1.02. The Kier molecular flexibility index (Phi) is 3.17. The largest absolute Gasteiger partial charge is 0.386 e. The highest BCUT2D eigenvalue weighted by Crippen LogP contribution is 2.13. The van der Waals surface area contributed by atoms with Gasteiger partial charge in [-0.1, -0.05) is 0 Å². The predicted molar refractivity (Wildman–Crippen MR) is 59.4 cm³/mol. The second-order valence-corrected chi connectivity index (χ2v) is 5.87. The molecular formula is C10H13FN2O3S. The van der Waals surface area contributed by atoms with Crippen molar-refractivity contribution in [2.75, 3.05) is 19.6 Å². The van der Waals surface area contributed by atoms with E-state index in [4.69, 9.17) is 0 Å². The lowest BCUT2D eigenvalue weighted by atomic mass is 9.98. The molecule has 0 aliphatic carbocycles. The smallest absolute Gasteiger partial charge is 0.240 e. The van der Waals surface area contributed by atoms with Crippen LogP contribution in [0.4, 0.5) is 4.39 Å². The van der Waals surface area contributed by atoms with Gasteiger partial charge in [-0.2, -0.15) is 0 Å². The molecule has 0 amide bonds. The van der Waals surface area contributed by atoms with Gasteiger partial charge in [0.25, 0.3) is 0 Å². The van der Waals surface area contributed by atoms with E-state index in [9.17, 15) is 17.9 Å². The summed E-state index contributed by atoms with van der Waals surface area (Å²) < 4.78 is 38.5. The summed E-state index contributed by atoms with van der Waals surface area (Å²) in [6.07, 6.45) is 0. The molecule has 0 unspecified atom stereocenters. The molecular weight excluding hydrogens is 247 g/mol. The molecule has 0 radical (unpaired) electrons. The van der Waals surface area contributed by atoms with E-state index < -0.39 is 21.4 Å². The molecule has 0 spiro atoms. The molecule has 1 heterocycles. The van der Waals surface area contributed by atoms with Crippen LogP contribution in [0.5, 0.6) is 0 Å². The van der Waals surface area contributed by atoms with Crippen LogP contribution in [0.2, 0.25) is 0 Å². The summed E-state index contributed by atoms with van der Waals surface area (Å²) in [7, 11) is -3.69. The zero-order chi connectivity index (χ0) is 12.5. The molecule has 1 aromatic carbocycles. The number of halogens is 1. The van der Waals surface area contributed by atoms with Gasteiger partial charge in [0.2, 0.25) is 10.0 Å². The molecule has 17 heavy (non-hydrogen) atoms. The van der Waals surface area contributed by atoms with Crippen LogP contribution in [-0.2, 0) is 10.0 Å². The number of sulfonamides is 1. The lowest BCUT2D eigenvalue weighted by molar-refractivity contribution is -0.00397. The Morgan fingerprint density at radius 1 is 1.35 bits per heavy atom. The first kappa shape index (κ1) is 12.4. The van der Waals surface area contributed by atoms with Gasteiger partial charge in [0.05, 0.1) is 4.90 Å². The van der Waals surface area contributed by atoms with Crippen molar-refractivity contribution in [1.82, 2.24) is 10.0 Å². The third-order valence-electron chi connectivity index (χ3n) is 2.62. The molecule has 3 N–H and O–H groups in total. The fourth-order valence-corrected chi connectivity index (χ4v) is 2.58. The predicted octanol–water partition coefficient (Wildman–Crippen LogP) is -0.562. The van der Waals surface area contributed by atoms with E-state index in [0.717, 1.165) is 12.1 Å². The van der Waals surface area contributed by atoms with Crippen molar-refractivity contribution in [2.24, 2.45) is 0 Å². The van der Waals surface area contributed by atoms with Crippen molar-refractivity contribution in [3.8, 4) is 0 Å². The van der Waals surface area contributed by atoms with E-state index in [0.29, 0.717) is 13.1 Å². The average Bonchev–Trinajstić information content (AvgIpc) is 2.24. The zero-order valence-electron chi connectivity index (χ0n) is 8.98. The molecule has 1 aromatic rings. The summed E-state index contributed by atoms with van der Waals surface area (Å²) in [6, 6.07) is 4.52. The molecule has 94 valence electrons. The highest BCUT2D eigenvalue weighted by Gasteiger charge is 2.35. The van der Waals surface area contributed by atoms with E-state index in [2.05, 4.69) is 10.0 Å². The molecule has 0 atom stereocenters. The Balaban J connectivity index is 2.06. The molecule has 2 rings (SSSR count). The summed E-state index contributed by atoms with van der Waals surface area (Å²) in [5.74, 6) is -0.495. The number of β-amino-alcohol motifs (C(OH)–C–C–N with tert-alkyl or cyclic N) is 1. The summed E-state index contributed by atoms with van der Waals surface area (Å²) in [5, 5.41) is 12.6. The lowest BCUT2D eigenvalue weighted by Gasteiger charge is -2.37. The van der Waals surface area contributed by atoms with E-state index in [-0.39, 0.29) is 11.4 Å². The number of nitrogens with one attached hydrogen (secondary N) is 2. The SMILES string of the molecule is O=S(=O)(NCC1(O)CNC1)c1ccc(F)cc1. The topological polar surface area (TPSA) is 78.4 Å². The van der Waals surface area contributed by atoms with E-state index in [1.54, 1.807) is 0 Å². The maximum absolute atomic E-state index is 12.7. The van der Waals surface area contributed by atoms with Crippen LogP contribution in [-0.4, -0.2) is 38.8 Å². The van der Waals surface area contributed by atoms with Gasteiger partial charge < -0.3 is 10.4 Å². The van der Waals surface area contributed by atoms with Gasteiger partial charge in [-0.05, 0) is 24.3 Å². The van der Waals surface area contributed by atoms with Gasteiger partial charge in [-0.3, -0.25) is 0 Å². The molecule has 5 nitrogen and oxygen atoms in total. The lowest BCUT2D eigenvalue weighted by Crippen LogP contribution is -2.64. The molecule has 0 aromatic heterocycles. The molecule has 1 aliphatic rings. The van der Waals surface area contributed by atoms with Crippen molar-refractivity contribution in [3.05, 3.63) is 30.1 Å². The fourth-order valence-electron chi connectivity index (χ4n) is 1.47. The summed E-state index contributed by atoms with van der Waals surface area (Å²) in [6.45, 7) is 0.664. The minimum atomic E-state index is -3.69. The molecule has 1 saturated heterocycles. The van der Waals surface area contributed by atoms with Crippen LogP contribution in [0.1, 0.15) is 0 Å². The van der Waals surface area contributed by atoms with Crippen molar-refractivity contribution in [2.45, 2.75) is 10.5 Å². The Morgan fingerprint density at radius 3 is 2.41 bits per heavy atom. The molecule has 1 aliphatic heterocycles. The van der Waals surface area contributed by atoms with Crippen molar-refractivity contribution in [3.63, 3.8) is 0 Å². The minimum absolute atomic E-state index is 0.0187. The highest BCUT2D eigenvalue weighted by atomic mass is 32.2. The molecule has 0 saturated carbocycles. The van der Waals surface area contributed by atoms with E-state index in [1.165, 1.54) is 12.1 Å². The maximum atomic E-state index is 12.7. The number of hydrogen-bond acceptors (Lipinski definition) is 4. The first-order valence-electron chi connectivity index (χ1n) is 5.10. The van der Waals surface area contributed by atoms with Gasteiger partial charge in [-0.25, -0.2) is 17.5 Å².